The summed E-state index contributed by atoms with van der Waals surface area (Å²) in [6, 6.07) is 26.1. The quantitative estimate of drug-likeness (QED) is 0.0117. The number of benzene rings is 4. The summed E-state index contributed by atoms with van der Waals surface area (Å²) in [4.78, 5) is 141. The maximum Gasteiger partial charge on any atom is 0.264 e. The Bertz CT molecular complexity index is 5350. The third-order valence-corrected chi connectivity index (χ3v) is 30.5. The molecule has 2 aromatic heterocycles. The fourth-order valence-corrected chi connectivity index (χ4v) is 22.5. The molecule has 2 fully saturated rings. The lowest BCUT2D eigenvalue weighted by Crippen LogP contribution is -2.60. The van der Waals surface area contributed by atoms with E-state index in [9.17, 15) is 56.7 Å². The number of hydrogen-bond donors (Lipinski definition) is 6. The number of amides is 6. The zero-order chi connectivity index (χ0) is 101. The number of unbranched alkanes of at least 4 members (excludes halogenated alkanes) is 1. The number of carbonyl (C=O) groups is 10. The van der Waals surface area contributed by atoms with E-state index < -0.39 is 67.9 Å². The number of hydrogen-bond acceptors (Lipinski definition) is 26. The van der Waals surface area contributed by atoms with Crippen molar-refractivity contribution in [2.24, 2.45) is 47.5 Å². The molecule has 0 saturated heterocycles. The standard InChI is InChI=1S/C106H149N11O23S/c1-72(2)95(89(122)66-73(3)99(125)108-78-35-31-74-33-38-91-103(4,85(74)68-78)43-20-45-105(91,6)101(127)110-102(128)106(7)46-21-44-104(5)86-69-81(120)36-32-75(86)34-39-92(104)106)109-100(126)76(22-16-17-47-107-93(123)71-140-90-30-11-9-10-29-88-97(90)112-114-117(88)48-52-135-56-60-139-64-63-137-58-54-133-50-41-80(119)25-19-65-141(129,130)131)67-82(121)42-51-134-55-59-138-62-61-136-57-53-132-49-18-24-79(118)37-40-94(124)116-70-77-23-12-13-26-83(77)98-96(111-113-115(98)8)84-27-14-15-28-87(84)116/h12-15,23,26-28,31-32,35-36,68-69,72-73,76,90-92,95,120H,9-11,16-22,24-25,29-30,33-34,37-67,70-71H2,1-8H3,(H,107,123)(H,108,125)(H,109,126)(H,110,127,128)(H,129,130,131)/t73-,76+,90?,91-,92-,95+,103-,104-,105+,106+/m1/s1. The van der Waals surface area contributed by atoms with Crippen molar-refractivity contribution in [1.82, 2.24) is 45.9 Å². The summed E-state index contributed by atoms with van der Waals surface area (Å²) in [6.07, 6.45) is 13.3. The van der Waals surface area contributed by atoms with Gasteiger partial charge in [-0.25, -0.2) is 9.36 Å². The van der Waals surface area contributed by atoms with Crippen LogP contribution in [-0.4, -0.2) is 237 Å². The highest BCUT2D eigenvalue weighted by molar-refractivity contribution is 7.85. The molecule has 0 bridgehead atoms. The average molecular weight is 1980 g/mol. The fourth-order valence-electron chi connectivity index (χ4n) is 22.0. The molecule has 6 N–H and O–H groups in total. The number of Topliss-reactive ketones (excluding diaryl/α,β-unsaturated/α-hetero) is 4. The highest BCUT2D eigenvalue weighted by Gasteiger charge is 2.59. The zero-order valence-electron chi connectivity index (χ0n) is 83.8. The second-order valence-electron chi connectivity index (χ2n) is 40.2. The number of phenols is 1. The minimum absolute atomic E-state index is 0.00842. The number of carbonyl (C=O) groups excluding carboxylic acids is 10. The summed E-state index contributed by atoms with van der Waals surface area (Å²) in [5.41, 5.74) is 9.17. The van der Waals surface area contributed by atoms with Crippen LogP contribution in [0.2, 0.25) is 0 Å². The van der Waals surface area contributed by atoms with Crippen LogP contribution in [0.15, 0.2) is 84.9 Å². The van der Waals surface area contributed by atoms with Crippen LogP contribution in [0.3, 0.4) is 0 Å². The number of nitrogens with one attached hydrogen (secondary N) is 4. The number of imide groups is 1. The smallest absolute Gasteiger partial charge is 0.264 e. The van der Waals surface area contributed by atoms with E-state index in [-0.39, 0.29) is 193 Å². The first kappa shape index (κ1) is 110. The molecule has 141 heavy (non-hydrogen) atoms. The number of aromatic nitrogens is 6. The maximum atomic E-state index is 15.0. The van der Waals surface area contributed by atoms with Crippen molar-refractivity contribution < 1.29 is 109 Å². The van der Waals surface area contributed by atoms with Crippen LogP contribution >= 0.6 is 0 Å². The molecule has 1 unspecified atom stereocenters. The summed E-state index contributed by atoms with van der Waals surface area (Å²) in [7, 11) is -2.23. The van der Waals surface area contributed by atoms with Gasteiger partial charge in [0.2, 0.25) is 35.4 Å². The van der Waals surface area contributed by atoms with Gasteiger partial charge in [-0.05, 0) is 183 Å². The van der Waals surface area contributed by atoms with E-state index in [0.29, 0.717) is 147 Å². The minimum Gasteiger partial charge on any atom is -0.508 e. The first-order valence-corrected chi connectivity index (χ1v) is 52.7. The predicted molar refractivity (Wildman–Crippen MR) is 528 cm³/mol. The largest absolute Gasteiger partial charge is 0.508 e. The number of ether oxygens (including phenoxy) is 9. The number of aryl methyl sites for hydroxylation is 3. The zero-order valence-corrected chi connectivity index (χ0v) is 84.6. The van der Waals surface area contributed by atoms with Gasteiger partial charge in [0.25, 0.3) is 10.1 Å². The number of para-hydroxylation sites is 1. The SMILES string of the molecule is CC(C)[C@H](NC(=O)[C@@H](CCCCNC(=O)COC1CCCCCc2c1nnn2CCOCCOCCOCCOCCC(=O)CCCS(=O)(=O)O)CC(=O)CCOCCOCCOCCOCCCC(=O)CCC(=O)N1Cc2ccccc2-c2c(nnn2C)-c2ccccc21)C(=O)C[C@@H](C)C(=O)Nc1ccc2c(c1)[C@@]1(C)CCC[C@](C)(C(=O)NC(=O)[C@@]3(C)CCC[C@]4(C)c5cc(O)ccc5CC[C@@H]34)[C@@H]1CC2. The van der Waals surface area contributed by atoms with E-state index in [1.165, 1.54) is 5.56 Å². The van der Waals surface area contributed by atoms with Gasteiger partial charge >= 0.3 is 0 Å². The van der Waals surface area contributed by atoms with Crippen LogP contribution in [0.4, 0.5) is 11.4 Å². The molecule has 6 amide bonds. The van der Waals surface area contributed by atoms with Gasteiger partial charge in [0.1, 0.15) is 47.2 Å². The van der Waals surface area contributed by atoms with E-state index in [0.717, 1.165) is 115 Å². The molecule has 4 aromatic carbocycles. The molecule has 3 heterocycles. The molecule has 35 heteroatoms. The topological polar surface area (TPSA) is 441 Å². The molecule has 1 aliphatic heterocycles. The van der Waals surface area contributed by atoms with Crippen LogP contribution in [0.1, 0.15) is 254 Å². The Balaban J connectivity index is 0.570. The van der Waals surface area contributed by atoms with Gasteiger partial charge in [0.05, 0.1) is 152 Å². The van der Waals surface area contributed by atoms with E-state index in [2.05, 4.69) is 55.7 Å². The first-order chi connectivity index (χ1) is 67.8. The molecular formula is C106H149N11O23S. The molecule has 2 saturated carbocycles. The number of rotatable bonds is 58. The molecule has 12 rings (SSSR count). The Morgan fingerprint density at radius 2 is 1.11 bits per heavy atom. The van der Waals surface area contributed by atoms with Gasteiger partial charge in [0.15, 0.2) is 5.78 Å². The summed E-state index contributed by atoms with van der Waals surface area (Å²) in [5.74, 6) is -5.01. The molecule has 0 spiro atoms. The van der Waals surface area contributed by atoms with Crippen molar-refractivity contribution in [2.75, 3.05) is 135 Å². The van der Waals surface area contributed by atoms with Crippen LogP contribution in [0.5, 0.6) is 5.75 Å². The van der Waals surface area contributed by atoms with Gasteiger partial charge in [-0.2, -0.15) is 8.42 Å². The number of anilines is 2. The van der Waals surface area contributed by atoms with E-state index in [4.69, 9.17) is 47.2 Å². The third kappa shape index (κ3) is 30.2. The second kappa shape index (κ2) is 53.2. The van der Waals surface area contributed by atoms with Gasteiger partial charge in [0, 0.05) is 100 Å². The predicted octanol–water partition coefficient (Wildman–Crippen LogP) is 13.0. The average Bonchev–Trinajstić information content (AvgIpc) is 1.20. The summed E-state index contributed by atoms with van der Waals surface area (Å²) < 4.78 is 85.8. The number of aromatic hydroxyl groups is 1. The van der Waals surface area contributed by atoms with Crippen LogP contribution in [-0.2, 0) is 151 Å². The van der Waals surface area contributed by atoms with Crippen molar-refractivity contribution >= 4 is 80.1 Å². The summed E-state index contributed by atoms with van der Waals surface area (Å²) in [6.45, 7) is 19.2. The van der Waals surface area contributed by atoms with E-state index >= 15 is 4.79 Å². The molecule has 772 valence electrons. The second-order valence-corrected chi connectivity index (χ2v) is 41.8. The fraction of sp³-hybridized carbons (Fsp3) is 0.642. The van der Waals surface area contributed by atoms with Gasteiger partial charge in [-0.1, -0.05) is 146 Å². The number of nitrogens with zero attached hydrogens (tertiary/aromatic N) is 7. The number of ketones is 4. The van der Waals surface area contributed by atoms with Crippen molar-refractivity contribution in [3.8, 4) is 28.3 Å². The van der Waals surface area contributed by atoms with Crippen LogP contribution in [0, 0.1) is 40.4 Å². The van der Waals surface area contributed by atoms with Crippen molar-refractivity contribution in [1.29, 1.82) is 0 Å². The summed E-state index contributed by atoms with van der Waals surface area (Å²) in [5, 5.41) is 40.5. The van der Waals surface area contributed by atoms with E-state index in [1.807, 2.05) is 118 Å². The van der Waals surface area contributed by atoms with E-state index in [1.54, 1.807) is 22.6 Å². The normalized spacial score (nSPS) is 20.9. The lowest BCUT2D eigenvalue weighted by Gasteiger charge is -2.56. The third-order valence-electron chi connectivity index (χ3n) is 29.7. The molecule has 6 aliphatic rings. The van der Waals surface area contributed by atoms with Crippen LogP contribution < -0.4 is 26.2 Å². The molecule has 0 radical (unpaired) electrons. The Morgan fingerprint density at radius 1 is 0.539 bits per heavy atom. The maximum absolute atomic E-state index is 15.0. The molecule has 10 atom stereocenters. The Morgan fingerprint density at radius 3 is 1.75 bits per heavy atom. The van der Waals surface area contributed by atoms with Gasteiger partial charge < -0.3 is 68.6 Å². The number of fused-ring (bicyclic) bond motifs is 12. The van der Waals surface area contributed by atoms with Crippen molar-refractivity contribution in [3.63, 3.8) is 0 Å². The van der Waals surface area contributed by atoms with Crippen molar-refractivity contribution in [2.45, 2.75) is 264 Å². The Labute approximate surface area is 829 Å². The lowest BCUT2D eigenvalue weighted by atomic mass is 9.49. The molecule has 34 nitrogen and oxygen atoms in total. The van der Waals surface area contributed by atoms with Gasteiger partial charge in [-0.3, -0.25) is 57.8 Å². The molecular weight excluding hydrogens is 1830 g/mol. The number of phenolic OH excluding ortho intramolecular Hbond substituents is 1. The van der Waals surface area contributed by atoms with Crippen LogP contribution in [0.25, 0.3) is 22.5 Å². The lowest BCUT2D eigenvalue weighted by molar-refractivity contribution is -0.150. The highest BCUT2D eigenvalue weighted by atomic mass is 32.2. The highest BCUT2D eigenvalue weighted by Crippen LogP contribution is 2.60. The van der Waals surface area contributed by atoms with Crippen molar-refractivity contribution in [3.05, 3.63) is 124 Å². The first-order valence-electron chi connectivity index (χ1n) is 51.0. The minimum atomic E-state index is -4.09. The molecule has 5 aliphatic carbocycles. The van der Waals surface area contributed by atoms with Gasteiger partial charge in [-0.15, -0.1) is 10.2 Å². The summed E-state index contributed by atoms with van der Waals surface area (Å²) >= 11 is 0. The Hall–Kier alpha value is -9.79. The molecule has 6 aromatic rings. The monoisotopic (exact) mass is 1980 g/mol. The Kier molecular flexibility index (Phi) is 41.5.